The number of oxime groups is 1. The molecule has 2 amide bonds. The number of hydrogen-bond acceptors (Lipinski definition) is 12. The number of ether oxygens (including phenoxy) is 4. The van der Waals surface area contributed by atoms with Crippen molar-refractivity contribution in [2.24, 2.45) is 12.2 Å². The Bertz CT molecular complexity index is 1730. The topological polar surface area (TPSA) is 193 Å². The SMILES string of the molecule is C[n+]1cc(-c2ccc(OCC(O/N=C(\C(=O)O)c3csc(NC(=O)OC(C)(C)C)n3)C(=O)OC(C)(C)C)cc2)cn1CCCNC(=O)OC(C)(C)C. The molecule has 0 aliphatic heterocycles. The Balaban J connectivity index is 1.67. The summed E-state index contributed by atoms with van der Waals surface area (Å²) in [4.78, 5) is 58.6. The maximum atomic E-state index is 13.0. The summed E-state index contributed by atoms with van der Waals surface area (Å²) in [7, 11) is 1.92. The van der Waals surface area contributed by atoms with Gasteiger partial charge in [0, 0.05) is 11.9 Å². The average molecular weight is 746 g/mol. The van der Waals surface area contributed by atoms with E-state index in [1.54, 1.807) is 53.7 Å². The maximum absolute atomic E-state index is 13.0. The first kappa shape index (κ1) is 41.2. The van der Waals surface area contributed by atoms with Gasteiger partial charge in [-0.2, -0.15) is 4.68 Å². The number of carboxylic acids is 1. The summed E-state index contributed by atoms with van der Waals surface area (Å²) in [5, 5.41) is 20.2. The molecule has 0 spiro atoms. The molecule has 0 bridgehead atoms. The van der Waals surface area contributed by atoms with Gasteiger partial charge in [-0.25, -0.2) is 24.2 Å². The quantitative estimate of drug-likeness (QED) is 0.0485. The van der Waals surface area contributed by atoms with Crippen LogP contribution in [0.1, 0.15) is 74.4 Å². The van der Waals surface area contributed by atoms with Crippen molar-refractivity contribution in [3.05, 3.63) is 47.7 Å². The van der Waals surface area contributed by atoms with Crippen LogP contribution in [0.4, 0.5) is 14.7 Å². The standard InChI is InChI=1S/C35H48N6O10S/c1-33(2,3)48-29(44)26(51-39-27(28(42)43)25-21-52-30(37-25)38-32(46)50-35(7,8)9)20-47-24-14-12-22(13-15-24)23-18-40(10)41(19-23)17-11-16-36-31(45)49-34(4,5)6/h12-15,18-19,21,26H,11,16-17,20H2,1-10H3,(H2-,36,37,38,42,43,45,46)/p+1/b39-27-. The van der Waals surface area contributed by atoms with Gasteiger partial charge < -0.3 is 34.2 Å². The number of benzene rings is 1. The van der Waals surface area contributed by atoms with E-state index in [9.17, 15) is 24.3 Å². The van der Waals surface area contributed by atoms with Crippen LogP contribution in [0, 0.1) is 0 Å². The molecule has 0 aliphatic carbocycles. The number of carbonyl (C=O) groups excluding carboxylic acids is 3. The molecule has 1 aromatic carbocycles. The van der Waals surface area contributed by atoms with Crippen molar-refractivity contribution in [2.75, 3.05) is 18.5 Å². The van der Waals surface area contributed by atoms with Crippen molar-refractivity contribution < 1.29 is 52.8 Å². The lowest BCUT2D eigenvalue weighted by molar-refractivity contribution is -0.753. The molecule has 52 heavy (non-hydrogen) atoms. The molecule has 3 aromatic rings. The molecule has 0 saturated heterocycles. The van der Waals surface area contributed by atoms with Gasteiger partial charge in [-0.15, -0.1) is 16.0 Å². The van der Waals surface area contributed by atoms with Crippen LogP contribution in [0.15, 0.2) is 47.2 Å². The fourth-order valence-electron chi connectivity index (χ4n) is 4.24. The molecule has 0 fully saturated rings. The summed E-state index contributed by atoms with van der Waals surface area (Å²) in [6.45, 7) is 16.3. The van der Waals surface area contributed by atoms with Crippen molar-refractivity contribution in [3.8, 4) is 16.9 Å². The van der Waals surface area contributed by atoms with Crippen LogP contribution in [-0.2, 0) is 42.2 Å². The van der Waals surface area contributed by atoms with Crippen LogP contribution >= 0.6 is 11.3 Å². The molecule has 284 valence electrons. The Kier molecular flexibility index (Phi) is 13.8. The fraction of sp³-hybridized carbons (Fsp3) is 0.514. The number of thiazole rings is 1. The maximum Gasteiger partial charge on any atom is 0.413 e. The Labute approximate surface area is 307 Å². The average Bonchev–Trinajstić information content (AvgIpc) is 3.60. The molecule has 1 atom stereocenters. The highest BCUT2D eigenvalue weighted by Crippen LogP contribution is 2.23. The second-order valence-electron chi connectivity index (χ2n) is 14.6. The number of hydrogen-bond donors (Lipinski definition) is 3. The normalized spacial score (nSPS) is 12.8. The third-order valence-corrected chi connectivity index (χ3v) is 7.10. The molecule has 3 rings (SSSR count). The number of aryl methyl sites for hydroxylation is 2. The number of alkyl carbamates (subject to hydrolysis) is 1. The summed E-state index contributed by atoms with van der Waals surface area (Å²) < 4.78 is 25.8. The number of nitrogens with one attached hydrogen (secondary N) is 2. The highest BCUT2D eigenvalue weighted by molar-refractivity contribution is 7.14. The zero-order chi connectivity index (χ0) is 38.9. The fourth-order valence-corrected chi connectivity index (χ4v) is 4.93. The third kappa shape index (κ3) is 14.2. The first-order valence-corrected chi connectivity index (χ1v) is 17.4. The van der Waals surface area contributed by atoms with Crippen LogP contribution < -0.4 is 20.1 Å². The second kappa shape index (κ2) is 17.4. The van der Waals surface area contributed by atoms with E-state index in [0.29, 0.717) is 25.3 Å². The van der Waals surface area contributed by atoms with Crippen molar-refractivity contribution in [1.82, 2.24) is 15.0 Å². The minimum atomic E-state index is -1.48. The lowest BCUT2D eigenvalue weighted by Crippen LogP contribution is -2.39. The van der Waals surface area contributed by atoms with Gasteiger partial charge in [0.25, 0.3) is 6.10 Å². The summed E-state index contributed by atoms with van der Waals surface area (Å²) in [6.07, 6.45) is 2.01. The summed E-state index contributed by atoms with van der Waals surface area (Å²) >= 11 is 0.954. The van der Waals surface area contributed by atoms with Crippen LogP contribution in [0.25, 0.3) is 11.1 Å². The van der Waals surface area contributed by atoms with E-state index in [4.69, 9.17) is 23.8 Å². The third-order valence-electron chi connectivity index (χ3n) is 6.34. The molecule has 2 heterocycles. The van der Waals surface area contributed by atoms with E-state index in [-0.39, 0.29) is 17.4 Å². The number of carbonyl (C=O) groups is 4. The molecule has 17 heteroatoms. The van der Waals surface area contributed by atoms with Crippen molar-refractivity contribution >= 4 is 46.3 Å². The Morgan fingerprint density at radius 2 is 1.54 bits per heavy atom. The molecular weight excluding hydrogens is 696 g/mol. The number of aliphatic carboxylic acids is 1. The monoisotopic (exact) mass is 745 g/mol. The van der Waals surface area contributed by atoms with Gasteiger partial charge in [0.2, 0.25) is 11.9 Å². The van der Waals surface area contributed by atoms with Gasteiger partial charge in [-0.05, 0) is 86.4 Å². The Morgan fingerprint density at radius 1 is 0.923 bits per heavy atom. The van der Waals surface area contributed by atoms with Gasteiger partial charge in [-0.3, -0.25) is 5.32 Å². The first-order chi connectivity index (χ1) is 24.1. The smallest absolute Gasteiger partial charge is 0.413 e. The highest BCUT2D eigenvalue weighted by Gasteiger charge is 2.30. The lowest BCUT2D eigenvalue weighted by Gasteiger charge is -2.23. The van der Waals surface area contributed by atoms with Crippen molar-refractivity contribution in [3.63, 3.8) is 0 Å². The predicted molar refractivity (Wildman–Crippen MR) is 192 cm³/mol. The number of anilines is 1. The first-order valence-electron chi connectivity index (χ1n) is 16.5. The van der Waals surface area contributed by atoms with E-state index < -0.39 is 52.7 Å². The van der Waals surface area contributed by atoms with Crippen molar-refractivity contribution in [2.45, 2.75) is 98.2 Å². The van der Waals surface area contributed by atoms with Crippen molar-refractivity contribution in [1.29, 1.82) is 0 Å². The molecule has 16 nitrogen and oxygen atoms in total. The van der Waals surface area contributed by atoms with Gasteiger partial charge >= 0.3 is 24.1 Å². The van der Waals surface area contributed by atoms with E-state index >= 15 is 0 Å². The number of amides is 2. The van der Waals surface area contributed by atoms with Crippen LogP contribution in [0.5, 0.6) is 5.75 Å². The van der Waals surface area contributed by atoms with Crippen LogP contribution in [0.2, 0.25) is 0 Å². The zero-order valence-electron chi connectivity index (χ0n) is 31.3. The van der Waals surface area contributed by atoms with E-state index in [1.165, 1.54) is 5.38 Å². The highest BCUT2D eigenvalue weighted by atomic mass is 32.1. The molecule has 2 aromatic heterocycles. The number of carboxylic acid groups (broad SMARTS) is 1. The predicted octanol–water partition coefficient (Wildman–Crippen LogP) is 5.29. The van der Waals surface area contributed by atoms with Gasteiger partial charge in [-0.1, -0.05) is 17.3 Å². The van der Waals surface area contributed by atoms with Gasteiger partial charge in [0.15, 0.2) is 12.2 Å². The summed E-state index contributed by atoms with van der Waals surface area (Å²) in [6, 6.07) is 7.16. The van der Waals surface area contributed by atoms with E-state index in [2.05, 4.69) is 20.8 Å². The Morgan fingerprint density at radius 3 is 2.13 bits per heavy atom. The molecule has 0 saturated carbocycles. The van der Waals surface area contributed by atoms with E-state index in [0.717, 1.165) is 22.5 Å². The van der Waals surface area contributed by atoms with Gasteiger partial charge in [0.05, 0.1) is 18.3 Å². The molecule has 0 radical (unpaired) electrons. The minimum Gasteiger partial charge on any atom is -0.489 e. The van der Waals surface area contributed by atoms with Gasteiger partial charge in [0.1, 0.15) is 34.9 Å². The molecular formula is C35H49N6O10S+. The lowest BCUT2D eigenvalue weighted by atomic mass is 10.1. The molecule has 3 N–H and O–H groups in total. The molecule has 0 aliphatic rings. The zero-order valence-corrected chi connectivity index (χ0v) is 32.1. The minimum absolute atomic E-state index is 0.0755. The largest absolute Gasteiger partial charge is 0.489 e. The van der Waals surface area contributed by atoms with Crippen LogP contribution in [0.3, 0.4) is 0 Å². The van der Waals surface area contributed by atoms with Crippen LogP contribution in [-0.4, -0.2) is 80.7 Å². The second-order valence-corrected chi connectivity index (χ2v) is 15.5. The summed E-state index contributed by atoms with van der Waals surface area (Å²) in [5.74, 6) is -1.88. The number of esters is 1. The number of rotatable bonds is 14. The Hall–Kier alpha value is -5.19. The number of aromatic nitrogens is 3. The van der Waals surface area contributed by atoms with E-state index in [1.807, 2.05) is 61.7 Å². The molecule has 1 unspecified atom stereocenters. The summed E-state index contributed by atoms with van der Waals surface area (Å²) in [5.41, 5.74) is -1.03. The number of nitrogens with zero attached hydrogens (tertiary/aromatic N) is 4.